The van der Waals surface area contributed by atoms with E-state index >= 15 is 0 Å². The fourth-order valence-electron chi connectivity index (χ4n) is 2.92. The van der Waals surface area contributed by atoms with Crippen molar-refractivity contribution in [1.82, 2.24) is 4.98 Å². The molecule has 0 unspecified atom stereocenters. The monoisotopic (exact) mass is 468 g/mol. The molecule has 1 N–H and O–H groups in total. The van der Waals surface area contributed by atoms with Crippen molar-refractivity contribution in [2.24, 2.45) is 0 Å². The number of amides is 1. The number of ether oxygens (including phenoxy) is 2. The summed E-state index contributed by atoms with van der Waals surface area (Å²) in [7, 11) is 3.11. The summed E-state index contributed by atoms with van der Waals surface area (Å²) in [5.41, 5.74) is 1.87. The van der Waals surface area contributed by atoms with Crippen molar-refractivity contribution in [2.75, 3.05) is 19.1 Å². The molecular formula is C23H21BrN2O4. The van der Waals surface area contributed by atoms with Gasteiger partial charge in [-0.1, -0.05) is 18.2 Å². The van der Waals surface area contributed by atoms with Gasteiger partial charge < -0.3 is 14.6 Å². The lowest BCUT2D eigenvalue weighted by Crippen LogP contribution is -2.29. The van der Waals surface area contributed by atoms with Gasteiger partial charge in [0.05, 0.1) is 36.6 Å². The summed E-state index contributed by atoms with van der Waals surface area (Å²) in [4.78, 5) is 18.8. The molecule has 0 fully saturated rings. The maximum absolute atomic E-state index is 13.1. The first-order valence-corrected chi connectivity index (χ1v) is 9.91. The first-order chi connectivity index (χ1) is 14.5. The van der Waals surface area contributed by atoms with Gasteiger partial charge >= 0.3 is 0 Å². The van der Waals surface area contributed by atoms with Crippen LogP contribution in [0.4, 0.5) is 5.69 Å². The van der Waals surface area contributed by atoms with Crippen molar-refractivity contribution in [3.05, 3.63) is 82.6 Å². The third-order valence-corrected chi connectivity index (χ3v) is 4.95. The molecule has 3 aromatic rings. The predicted octanol–water partition coefficient (Wildman–Crippen LogP) is 4.81. The molecule has 0 saturated heterocycles. The molecule has 0 aliphatic rings. The van der Waals surface area contributed by atoms with Gasteiger partial charge in [-0.05, 0) is 64.0 Å². The van der Waals surface area contributed by atoms with Gasteiger partial charge in [0.1, 0.15) is 5.75 Å². The van der Waals surface area contributed by atoms with Crippen molar-refractivity contribution >= 4 is 33.6 Å². The van der Waals surface area contributed by atoms with Gasteiger partial charge in [0.25, 0.3) is 5.91 Å². The molecule has 0 bridgehead atoms. The molecule has 0 aliphatic heterocycles. The molecule has 154 valence electrons. The summed E-state index contributed by atoms with van der Waals surface area (Å²) < 4.78 is 11.4. The number of pyridine rings is 1. The zero-order valence-electron chi connectivity index (χ0n) is 16.6. The number of anilines is 1. The summed E-state index contributed by atoms with van der Waals surface area (Å²) >= 11 is 3.45. The highest BCUT2D eigenvalue weighted by molar-refractivity contribution is 9.10. The second-order valence-corrected chi connectivity index (χ2v) is 7.16. The van der Waals surface area contributed by atoms with Crippen LogP contribution in [0, 0.1) is 0 Å². The van der Waals surface area contributed by atoms with Crippen LogP contribution >= 0.6 is 15.9 Å². The Morgan fingerprint density at radius 3 is 2.57 bits per heavy atom. The molecule has 3 rings (SSSR count). The molecule has 0 atom stereocenters. The molecule has 0 spiro atoms. The number of nitrogens with zero attached hydrogens (tertiary/aromatic N) is 2. The summed E-state index contributed by atoms with van der Waals surface area (Å²) in [6.45, 7) is 0.219. The third-order valence-electron chi connectivity index (χ3n) is 4.36. The van der Waals surface area contributed by atoms with Gasteiger partial charge in [-0.3, -0.25) is 14.7 Å². The Labute approximate surface area is 183 Å². The number of rotatable bonds is 7. The van der Waals surface area contributed by atoms with E-state index in [1.807, 2.05) is 24.3 Å². The lowest BCUT2D eigenvalue weighted by molar-refractivity contribution is -0.114. The number of methoxy groups -OCH3 is 2. The van der Waals surface area contributed by atoms with Crippen LogP contribution in [0.1, 0.15) is 11.3 Å². The van der Waals surface area contributed by atoms with E-state index in [0.717, 1.165) is 5.56 Å². The molecule has 0 radical (unpaired) electrons. The predicted molar refractivity (Wildman–Crippen MR) is 120 cm³/mol. The van der Waals surface area contributed by atoms with E-state index in [1.54, 1.807) is 56.8 Å². The third kappa shape index (κ3) is 4.99. The summed E-state index contributed by atoms with van der Waals surface area (Å²) in [5.74, 6) is 0.842. The number of hydrogen-bond acceptors (Lipinski definition) is 5. The van der Waals surface area contributed by atoms with Crippen molar-refractivity contribution < 1.29 is 19.4 Å². The van der Waals surface area contributed by atoms with E-state index in [2.05, 4.69) is 20.9 Å². The van der Waals surface area contributed by atoms with Crippen molar-refractivity contribution in [1.29, 1.82) is 0 Å². The van der Waals surface area contributed by atoms with E-state index in [4.69, 9.17) is 9.47 Å². The maximum atomic E-state index is 13.1. The molecule has 1 aromatic heterocycles. The SMILES string of the molecule is COc1cc(/C=C/C(=O)N(Cc2ccccn2)c2ccccc2O)cc(Br)c1OC. The molecule has 1 amide bonds. The molecule has 2 aromatic carbocycles. The Kier molecular flexibility index (Phi) is 7.08. The minimum atomic E-state index is -0.298. The molecular weight excluding hydrogens is 448 g/mol. The van der Waals surface area contributed by atoms with Crippen molar-refractivity contribution in [2.45, 2.75) is 6.54 Å². The standard InChI is InChI=1S/C23H21BrN2O4/c1-29-21-14-16(13-18(24)23(21)30-2)10-11-22(28)26(15-17-7-5-6-12-25-17)19-8-3-4-9-20(19)27/h3-14,27H,15H2,1-2H3/b11-10+. The smallest absolute Gasteiger partial charge is 0.251 e. The Bertz CT molecular complexity index is 1050. The van der Waals surface area contributed by atoms with Crippen LogP contribution in [0.25, 0.3) is 6.08 Å². The van der Waals surface area contributed by atoms with Crippen LogP contribution in [0.5, 0.6) is 17.2 Å². The Morgan fingerprint density at radius 1 is 1.13 bits per heavy atom. The number of aromatic hydroxyl groups is 1. The second kappa shape index (κ2) is 9.93. The molecule has 0 saturated carbocycles. The van der Waals surface area contributed by atoms with Gasteiger partial charge in [0, 0.05) is 12.3 Å². The molecule has 6 nitrogen and oxygen atoms in total. The number of aromatic nitrogens is 1. The van der Waals surface area contributed by atoms with Gasteiger partial charge in [0.15, 0.2) is 11.5 Å². The summed E-state index contributed by atoms with van der Waals surface area (Å²) in [6.07, 6.45) is 4.80. The lowest BCUT2D eigenvalue weighted by atomic mass is 10.1. The maximum Gasteiger partial charge on any atom is 0.251 e. The molecule has 1 heterocycles. The Morgan fingerprint density at radius 2 is 1.90 bits per heavy atom. The van der Waals surface area contributed by atoms with Gasteiger partial charge in [-0.2, -0.15) is 0 Å². The van der Waals surface area contributed by atoms with Gasteiger partial charge in [0.2, 0.25) is 0 Å². The number of halogens is 1. The molecule has 7 heteroatoms. The highest BCUT2D eigenvalue weighted by Gasteiger charge is 2.18. The fraction of sp³-hybridized carbons (Fsp3) is 0.130. The molecule has 0 aliphatic carbocycles. The minimum absolute atomic E-state index is 0.0176. The summed E-state index contributed by atoms with van der Waals surface area (Å²) in [5, 5.41) is 10.3. The highest BCUT2D eigenvalue weighted by atomic mass is 79.9. The first kappa shape index (κ1) is 21.4. The van der Waals surface area contributed by atoms with Crippen LogP contribution in [0.2, 0.25) is 0 Å². The number of hydrogen-bond donors (Lipinski definition) is 1. The lowest BCUT2D eigenvalue weighted by Gasteiger charge is -2.22. The Balaban J connectivity index is 1.92. The number of benzene rings is 2. The van der Waals surface area contributed by atoms with Crippen LogP contribution in [-0.4, -0.2) is 30.2 Å². The highest BCUT2D eigenvalue weighted by Crippen LogP contribution is 2.36. The number of phenols is 1. The van der Waals surface area contributed by atoms with Crippen LogP contribution in [-0.2, 0) is 11.3 Å². The van der Waals surface area contributed by atoms with E-state index < -0.39 is 0 Å². The van der Waals surface area contributed by atoms with E-state index in [-0.39, 0.29) is 18.2 Å². The topological polar surface area (TPSA) is 71.9 Å². The Hall–Kier alpha value is -3.32. The van der Waals surface area contributed by atoms with Gasteiger partial charge in [-0.25, -0.2) is 0 Å². The van der Waals surface area contributed by atoms with Gasteiger partial charge in [-0.15, -0.1) is 0 Å². The quantitative estimate of drug-likeness (QED) is 0.503. The second-order valence-electron chi connectivity index (χ2n) is 6.31. The number of para-hydroxylation sites is 2. The van der Waals surface area contributed by atoms with Crippen molar-refractivity contribution in [3.8, 4) is 17.2 Å². The van der Waals surface area contributed by atoms with E-state index in [0.29, 0.717) is 27.4 Å². The largest absolute Gasteiger partial charge is 0.506 e. The fourth-order valence-corrected chi connectivity index (χ4v) is 3.54. The molecule has 30 heavy (non-hydrogen) atoms. The number of carbonyl (C=O) groups excluding carboxylic acids is 1. The minimum Gasteiger partial charge on any atom is -0.506 e. The zero-order valence-corrected chi connectivity index (χ0v) is 18.2. The normalized spacial score (nSPS) is 10.8. The van der Waals surface area contributed by atoms with E-state index in [1.165, 1.54) is 11.0 Å². The number of phenolic OH excluding ortho intramolecular Hbond substituents is 1. The average molecular weight is 469 g/mol. The summed E-state index contributed by atoms with van der Waals surface area (Å²) in [6, 6.07) is 15.8. The van der Waals surface area contributed by atoms with Crippen molar-refractivity contribution in [3.63, 3.8) is 0 Å². The average Bonchev–Trinajstić information content (AvgIpc) is 2.76. The van der Waals surface area contributed by atoms with Crippen LogP contribution in [0.15, 0.2) is 71.3 Å². The van der Waals surface area contributed by atoms with Crippen LogP contribution in [0.3, 0.4) is 0 Å². The zero-order chi connectivity index (χ0) is 21.5. The first-order valence-electron chi connectivity index (χ1n) is 9.12. The van der Waals surface area contributed by atoms with E-state index in [9.17, 15) is 9.90 Å². The number of carbonyl (C=O) groups is 1. The van der Waals surface area contributed by atoms with Crippen LogP contribution < -0.4 is 14.4 Å².